The third-order valence-corrected chi connectivity index (χ3v) is 2.84. The van der Waals surface area contributed by atoms with E-state index in [9.17, 15) is 9.59 Å². The molecule has 1 aromatic rings. The van der Waals surface area contributed by atoms with Gasteiger partial charge in [0.15, 0.2) is 0 Å². The Labute approximate surface area is 115 Å². The van der Waals surface area contributed by atoms with Crippen LogP contribution in [0.1, 0.15) is 57.9 Å². The van der Waals surface area contributed by atoms with Crippen molar-refractivity contribution in [3.8, 4) is 0 Å². The first-order valence-electron chi connectivity index (χ1n) is 6.80. The first-order chi connectivity index (χ1) is 9.02. The van der Waals surface area contributed by atoms with Crippen molar-refractivity contribution in [3.05, 3.63) is 35.9 Å². The Kier molecular flexibility index (Phi) is 9.41. The second kappa shape index (κ2) is 10.3. The molecule has 0 saturated carbocycles. The number of benzene rings is 1. The summed E-state index contributed by atoms with van der Waals surface area (Å²) in [6.45, 7) is 5.51. The van der Waals surface area contributed by atoms with Gasteiger partial charge < -0.3 is 9.90 Å². The van der Waals surface area contributed by atoms with Gasteiger partial charge in [-0.2, -0.15) is 0 Å². The molecule has 1 aromatic carbocycles. The minimum Gasteiger partial charge on any atom is -0.481 e. The van der Waals surface area contributed by atoms with Crippen molar-refractivity contribution in [2.45, 2.75) is 52.4 Å². The SMILES string of the molecule is CCC(C)=O.CCCCC(C(=O)O)c1ccccc1. The van der Waals surface area contributed by atoms with E-state index in [1.54, 1.807) is 6.92 Å². The topological polar surface area (TPSA) is 54.4 Å². The molecule has 0 bridgehead atoms. The maximum Gasteiger partial charge on any atom is 0.310 e. The van der Waals surface area contributed by atoms with Crippen molar-refractivity contribution >= 4 is 11.8 Å². The molecular weight excluding hydrogens is 240 g/mol. The van der Waals surface area contributed by atoms with Crippen LogP contribution in [0, 0.1) is 0 Å². The van der Waals surface area contributed by atoms with E-state index in [0.717, 1.165) is 24.8 Å². The molecule has 1 N–H and O–H groups in total. The average Bonchev–Trinajstić information content (AvgIpc) is 2.40. The number of carbonyl (C=O) groups excluding carboxylic acids is 1. The predicted molar refractivity (Wildman–Crippen MR) is 77.3 cm³/mol. The van der Waals surface area contributed by atoms with Gasteiger partial charge in [-0.25, -0.2) is 0 Å². The third kappa shape index (κ3) is 8.14. The number of Topliss-reactive ketones (excluding diaryl/α,β-unsaturated/α-hetero) is 1. The van der Waals surface area contributed by atoms with Gasteiger partial charge in [-0.1, -0.05) is 57.0 Å². The number of unbranched alkanes of at least 4 members (excludes halogenated alkanes) is 1. The van der Waals surface area contributed by atoms with Gasteiger partial charge in [0.2, 0.25) is 0 Å². The van der Waals surface area contributed by atoms with Gasteiger partial charge in [-0.05, 0) is 18.9 Å². The second-order valence-electron chi connectivity index (χ2n) is 4.50. The zero-order valence-electron chi connectivity index (χ0n) is 12.1. The van der Waals surface area contributed by atoms with E-state index in [4.69, 9.17) is 5.11 Å². The number of carbonyl (C=O) groups is 2. The molecule has 0 fully saturated rings. The molecule has 0 aliphatic heterocycles. The monoisotopic (exact) mass is 264 g/mol. The van der Waals surface area contributed by atoms with Crippen LogP contribution >= 0.6 is 0 Å². The number of rotatable bonds is 6. The van der Waals surface area contributed by atoms with Gasteiger partial charge in [0.25, 0.3) is 0 Å². The van der Waals surface area contributed by atoms with Crippen LogP contribution in [0.4, 0.5) is 0 Å². The summed E-state index contributed by atoms with van der Waals surface area (Å²) in [4.78, 5) is 20.8. The highest BCUT2D eigenvalue weighted by molar-refractivity contribution is 5.76. The van der Waals surface area contributed by atoms with Crippen molar-refractivity contribution in [2.24, 2.45) is 0 Å². The van der Waals surface area contributed by atoms with E-state index < -0.39 is 5.97 Å². The molecule has 0 heterocycles. The standard InChI is InChI=1S/C12H16O2.C4H8O/c1-2-3-9-11(12(13)14)10-7-5-4-6-8-10;1-3-4(2)5/h4-8,11H,2-3,9H2,1H3,(H,13,14);3H2,1-2H3. The van der Waals surface area contributed by atoms with Gasteiger partial charge >= 0.3 is 5.97 Å². The summed E-state index contributed by atoms with van der Waals surface area (Å²) in [5, 5.41) is 9.05. The minimum absolute atomic E-state index is 0.255. The molecule has 0 radical (unpaired) electrons. The third-order valence-electron chi connectivity index (χ3n) is 2.84. The van der Waals surface area contributed by atoms with Crippen molar-refractivity contribution in [1.29, 1.82) is 0 Å². The molecular formula is C16H24O3. The van der Waals surface area contributed by atoms with Gasteiger partial charge in [-0.3, -0.25) is 4.79 Å². The van der Waals surface area contributed by atoms with Gasteiger partial charge in [-0.15, -0.1) is 0 Å². The van der Waals surface area contributed by atoms with E-state index >= 15 is 0 Å². The number of hydrogen-bond acceptors (Lipinski definition) is 2. The maximum atomic E-state index is 11.0. The lowest BCUT2D eigenvalue weighted by Crippen LogP contribution is -2.11. The summed E-state index contributed by atoms with van der Waals surface area (Å²) in [6, 6.07) is 9.44. The van der Waals surface area contributed by atoms with E-state index in [1.807, 2.05) is 37.3 Å². The van der Waals surface area contributed by atoms with Gasteiger partial charge in [0, 0.05) is 6.42 Å². The molecule has 0 saturated heterocycles. The van der Waals surface area contributed by atoms with Crippen LogP contribution in [0.25, 0.3) is 0 Å². The molecule has 3 heteroatoms. The molecule has 0 aliphatic carbocycles. The van der Waals surface area contributed by atoms with Crippen LogP contribution in [0.3, 0.4) is 0 Å². The normalized spacial score (nSPS) is 11.1. The Hall–Kier alpha value is -1.64. The minimum atomic E-state index is -0.718. The molecule has 1 unspecified atom stereocenters. The predicted octanol–water partition coefficient (Wildman–Crippen LogP) is 4.03. The van der Waals surface area contributed by atoms with Crippen LogP contribution in [0.15, 0.2) is 30.3 Å². The van der Waals surface area contributed by atoms with Gasteiger partial charge in [0.05, 0.1) is 5.92 Å². The Bertz CT molecular complexity index is 371. The maximum absolute atomic E-state index is 11.0. The zero-order valence-corrected chi connectivity index (χ0v) is 12.1. The van der Waals surface area contributed by atoms with Gasteiger partial charge in [0.1, 0.15) is 5.78 Å². The fraction of sp³-hybridized carbons (Fsp3) is 0.500. The largest absolute Gasteiger partial charge is 0.481 e. The van der Waals surface area contributed by atoms with Crippen LogP contribution in [-0.4, -0.2) is 16.9 Å². The fourth-order valence-corrected chi connectivity index (χ4v) is 1.53. The smallest absolute Gasteiger partial charge is 0.310 e. The molecule has 0 spiro atoms. The molecule has 0 aromatic heterocycles. The van der Waals surface area contributed by atoms with Crippen molar-refractivity contribution in [2.75, 3.05) is 0 Å². The van der Waals surface area contributed by atoms with E-state index in [1.165, 1.54) is 0 Å². The number of aliphatic carboxylic acids is 1. The quantitative estimate of drug-likeness (QED) is 0.844. The zero-order chi connectivity index (χ0) is 14.7. The Morgan fingerprint density at radius 1 is 1.16 bits per heavy atom. The fourth-order valence-electron chi connectivity index (χ4n) is 1.53. The lowest BCUT2D eigenvalue weighted by Gasteiger charge is -2.11. The lowest BCUT2D eigenvalue weighted by atomic mass is 9.94. The summed E-state index contributed by atoms with van der Waals surface area (Å²) < 4.78 is 0. The van der Waals surface area contributed by atoms with E-state index in [2.05, 4.69) is 6.92 Å². The molecule has 0 aliphatic rings. The van der Waals surface area contributed by atoms with Crippen LogP contribution in [0.5, 0.6) is 0 Å². The van der Waals surface area contributed by atoms with Crippen molar-refractivity contribution < 1.29 is 14.7 Å². The molecule has 19 heavy (non-hydrogen) atoms. The molecule has 1 rings (SSSR count). The number of hydrogen-bond donors (Lipinski definition) is 1. The molecule has 0 amide bonds. The summed E-state index contributed by atoms with van der Waals surface area (Å²) >= 11 is 0. The summed E-state index contributed by atoms with van der Waals surface area (Å²) in [5.41, 5.74) is 0.911. The Balaban J connectivity index is 0.000000555. The van der Waals surface area contributed by atoms with Crippen LogP contribution < -0.4 is 0 Å². The van der Waals surface area contributed by atoms with Crippen LogP contribution in [0.2, 0.25) is 0 Å². The first kappa shape index (κ1) is 17.4. The van der Waals surface area contributed by atoms with E-state index in [-0.39, 0.29) is 11.7 Å². The Morgan fingerprint density at radius 2 is 1.68 bits per heavy atom. The van der Waals surface area contributed by atoms with Crippen molar-refractivity contribution in [1.82, 2.24) is 0 Å². The van der Waals surface area contributed by atoms with E-state index in [0.29, 0.717) is 6.42 Å². The number of ketones is 1. The highest BCUT2D eigenvalue weighted by Crippen LogP contribution is 2.21. The first-order valence-corrected chi connectivity index (χ1v) is 6.80. The number of carboxylic acid groups (broad SMARTS) is 1. The summed E-state index contributed by atoms with van der Waals surface area (Å²) in [6.07, 6.45) is 3.40. The Morgan fingerprint density at radius 3 is 2.05 bits per heavy atom. The highest BCUT2D eigenvalue weighted by atomic mass is 16.4. The second-order valence-corrected chi connectivity index (χ2v) is 4.50. The highest BCUT2D eigenvalue weighted by Gasteiger charge is 2.18. The summed E-state index contributed by atoms with van der Waals surface area (Å²) in [5.74, 6) is -0.800. The van der Waals surface area contributed by atoms with Crippen LogP contribution in [-0.2, 0) is 9.59 Å². The molecule has 3 nitrogen and oxygen atoms in total. The number of carboxylic acids is 1. The summed E-state index contributed by atoms with van der Waals surface area (Å²) in [7, 11) is 0. The average molecular weight is 264 g/mol. The molecule has 1 atom stereocenters. The lowest BCUT2D eigenvalue weighted by molar-refractivity contribution is -0.139. The van der Waals surface area contributed by atoms with Crippen molar-refractivity contribution in [3.63, 3.8) is 0 Å². The molecule has 106 valence electrons.